The maximum absolute atomic E-state index is 14.5. The highest BCUT2D eigenvalue weighted by atomic mass is 35.5. The van der Waals surface area contributed by atoms with Gasteiger partial charge in [0.1, 0.15) is 17.6 Å². The molecule has 3 aliphatic rings. The number of alkyl halides is 3. The summed E-state index contributed by atoms with van der Waals surface area (Å²) in [6.07, 6.45) is 0.534. The van der Waals surface area contributed by atoms with Gasteiger partial charge in [-0.1, -0.05) is 12.8 Å². The van der Waals surface area contributed by atoms with Gasteiger partial charge in [-0.3, -0.25) is 4.79 Å². The van der Waals surface area contributed by atoms with Crippen molar-refractivity contribution in [1.82, 2.24) is 10.0 Å². The molecule has 3 N–H and O–H groups in total. The van der Waals surface area contributed by atoms with E-state index < -0.39 is 51.1 Å². The lowest BCUT2D eigenvalue weighted by molar-refractivity contribution is -0.127. The Balaban J connectivity index is 1.59. The highest BCUT2D eigenvalue weighted by Gasteiger charge is 2.43. The number of halogens is 3. The Morgan fingerprint density at radius 2 is 1.66 bits per heavy atom. The van der Waals surface area contributed by atoms with E-state index in [0.717, 1.165) is 12.8 Å². The molecule has 8 unspecified atom stereocenters. The topological polar surface area (TPSA) is 95.5 Å². The van der Waals surface area contributed by atoms with E-state index in [9.17, 15) is 27.1 Å². The van der Waals surface area contributed by atoms with Crippen molar-refractivity contribution in [3.63, 3.8) is 0 Å². The quantitative estimate of drug-likeness (QED) is 0.553. The summed E-state index contributed by atoms with van der Waals surface area (Å²) in [5.74, 6) is -0.933. The van der Waals surface area contributed by atoms with Crippen LogP contribution in [0.2, 0.25) is 0 Å². The summed E-state index contributed by atoms with van der Waals surface area (Å²) in [4.78, 5) is 12.7. The Bertz CT molecular complexity index is 683. The molecular formula is C19H31ClF2N2O4S. The number of carbonyl (C=O) groups is 1. The molecule has 168 valence electrons. The molecule has 29 heavy (non-hydrogen) atoms. The molecular weight excluding hydrogens is 426 g/mol. The van der Waals surface area contributed by atoms with Crippen LogP contribution in [-0.4, -0.2) is 60.6 Å². The van der Waals surface area contributed by atoms with Crippen LogP contribution in [-0.2, 0) is 14.8 Å². The molecule has 0 spiro atoms. The van der Waals surface area contributed by atoms with Gasteiger partial charge in [0.25, 0.3) is 0 Å². The van der Waals surface area contributed by atoms with Crippen LogP contribution < -0.4 is 10.0 Å². The van der Waals surface area contributed by atoms with Gasteiger partial charge in [0.05, 0.1) is 11.5 Å². The Hall–Kier alpha value is -0.510. The molecule has 3 fully saturated rings. The predicted octanol–water partition coefficient (Wildman–Crippen LogP) is 2.33. The number of rotatable bonds is 5. The third-order valence-corrected chi connectivity index (χ3v) is 8.93. The summed E-state index contributed by atoms with van der Waals surface area (Å²) < 4.78 is 56.1. The number of nitrogens with one attached hydrogen (secondary N) is 2. The molecule has 3 rings (SSSR count). The monoisotopic (exact) mass is 456 g/mol. The Kier molecular flexibility index (Phi) is 7.78. The van der Waals surface area contributed by atoms with Gasteiger partial charge in [-0.2, -0.15) is 0 Å². The number of aliphatic hydroxyl groups is 1. The van der Waals surface area contributed by atoms with Crippen LogP contribution in [0.5, 0.6) is 0 Å². The Labute approximate surface area is 176 Å². The van der Waals surface area contributed by atoms with Crippen molar-refractivity contribution in [1.29, 1.82) is 0 Å². The lowest BCUT2D eigenvalue weighted by atomic mass is 9.86. The molecule has 0 saturated heterocycles. The zero-order chi connectivity index (χ0) is 21.2. The zero-order valence-corrected chi connectivity index (χ0v) is 18.0. The fourth-order valence-electron chi connectivity index (χ4n) is 4.73. The summed E-state index contributed by atoms with van der Waals surface area (Å²) >= 11 is 5.95. The van der Waals surface area contributed by atoms with Crippen LogP contribution in [0.15, 0.2) is 0 Å². The molecule has 0 aliphatic heterocycles. The Morgan fingerprint density at radius 3 is 2.34 bits per heavy atom. The van der Waals surface area contributed by atoms with E-state index in [1.54, 1.807) is 0 Å². The number of hydrogen-bond acceptors (Lipinski definition) is 4. The minimum absolute atomic E-state index is 0.00770. The third kappa shape index (κ3) is 5.80. The van der Waals surface area contributed by atoms with Gasteiger partial charge < -0.3 is 10.4 Å². The number of hydrogen-bond donors (Lipinski definition) is 3. The van der Waals surface area contributed by atoms with Gasteiger partial charge in [0, 0.05) is 18.0 Å². The van der Waals surface area contributed by atoms with Crippen molar-refractivity contribution >= 4 is 27.5 Å². The van der Waals surface area contributed by atoms with Gasteiger partial charge in [0.15, 0.2) is 0 Å². The summed E-state index contributed by atoms with van der Waals surface area (Å²) in [6.45, 7) is 0. The molecule has 0 aromatic carbocycles. The number of aliphatic hydroxyl groups excluding tert-OH is 1. The van der Waals surface area contributed by atoms with Crippen LogP contribution in [0.25, 0.3) is 0 Å². The largest absolute Gasteiger partial charge is 0.391 e. The zero-order valence-electron chi connectivity index (χ0n) is 16.4. The molecule has 1 amide bonds. The third-order valence-electron chi connectivity index (χ3n) is 6.57. The smallest absolute Gasteiger partial charge is 0.223 e. The average Bonchev–Trinajstić information content (AvgIpc) is 2.66. The van der Waals surface area contributed by atoms with Crippen LogP contribution in [0, 0.1) is 5.92 Å². The number of carbonyl (C=O) groups excluding carboxylic acids is 1. The molecule has 0 radical (unpaired) electrons. The second-order valence-electron chi connectivity index (χ2n) is 8.74. The first-order chi connectivity index (χ1) is 13.7. The van der Waals surface area contributed by atoms with E-state index in [-0.39, 0.29) is 37.6 Å². The molecule has 0 heterocycles. The first-order valence-electron chi connectivity index (χ1n) is 10.6. The summed E-state index contributed by atoms with van der Waals surface area (Å²) in [5, 5.41) is 10.9. The van der Waals surface area contributed by atoms with Crippen LogP contribution >= 0.6 is 11.6 Å². The standard InChI is InChI=1S/C19H31ClF2N2O4S/c20-13-10-12(6-8-14(13)21)23-19(26)11-5-7-15(22)18(9-11)29(27,28)24-16-3-1-2-4-17(16)25/h11-18,24-25H,1-10H2,(H,23,26). The number of sulfonamides is 1. The summed E-state index contributed by atoms with van der Waals surface area (Å²) in [5.41, 5.74) is 0. The van der Waals surface area contributed by atoms with Crippen molar-refractivity contribution in [3.8, 4) is 0 Å². The van der Waals surface area contributed by atoms with Gasteiger partial charge in [-0.05, 0) is 51.4 Å². The number of amides is 1. The highest BCUT2D eigenvalue weighted by Crippen LogP contribution is 2.33. The van der Waals surface area contributed by atoms with Gasteiger partial charge in [-0.25, -0.2) is 21.9 Å². The molecule has 3 saturated carbocycles. The minimum atomic E-state index is -4.02. The van der Waals surface area contributed by atoms with E-state index in [2.05, 4.69) is 10.0 Å². The van der Waals surface area contributed by atoms with E-state index in [1.807, 2.05) is 0 Å². The fourth-order valence-corrected chi connectivity index (χ4v) is 6.95. The van der Waals surface area contributed by atoms with Gasteiger partial charge in [0.2, 0.25) is 15.9 Å². The first kappa shape index (κ1) is 23.2. The lowest BCUT2D eigenvalue weighted by Gasteiger charge is -2.35. The highest BCUT2D eigenvalue weighted by molar-refractivity contribution is 7.90. The van der Waals surface area contributed by atoms with Crippen molar-refractivity contribution in [3.05, 3.63) is 0 Å². The molecule has 6 nitrogen and oxygen atoms in total. The first-order valence-corrected chi connectivity index (χ1v) is 12.6. The summed E-state index contributed by atoms with van der Waals surface area (Å²) in [7, 11) is -4.02. The maximum Gasteiger partial charge on any atom is 0.223 e. The minimum Gasteiger partial charge on any atom is -0.391 e. The SMILES string of the molecule is O=C(NC1CCC(F)C(Cl)C1)C1CCC(F)C(S(=O)(=O)NC2CCCCC2O)C1. The van der Waals surface area contributed by atoms with Gasteiger partial charge >= 0.3 is 0 Å². The average molecular weight is 457 g/mol. The van der Waals surface area contributed by atoms with Crippen molar-refractivity contribution in [2.45, 2.75) is 105 Å². The fraction of sp³-hybridized carbons (Fsp3) is 0.947. The second kappa shape index (κ2) is 9.75. The van der Waals surface area contributed by atoms with E-state index in [1.165, 1.54) is 0 Å². The molecule has 10 heteroatoms. The van der Waals surface area contributed by atoms with Crippen molar-refractivity contribution in [2.75, 3.05) is 0 Å². The normalized spacial score (nSPS) is 41.7. The van der Waals surface area contributed by atoms with Crippen LogP contribution in [0.3, 0.4) is 0 Å². The molecule has 8 atom stereocenters. The van der Waals surface area contributed by atoms with Crippen LogP contribution in [0.1, 0.15) is 64.2 Å². The van der Waals surface area contributed by atoms with E-state index in [0.29, 0.717) is 25.7 Å². The van der Waals surface area contributed by atoms with Gasteiger partial charge in [-0.15, -0.1) is 11.6 Å². The van der Waals surface area contributed by atoms with Crippen molar-refractivity contribution in [2.24, 2.45) is 5.92 Å². The molecule has 0 bridgehead atoms. The van der Waals surface area contributed by atoms with Crippen molar-refractivity contribution < 1.29 is 27.1 Å². The second-order valence-corrected chi connectivity index (χ2v) is 11.2. The summed E-state index contributed by atoms with van der Waals surface area (Å²) in [6, 6.07) is -0.850. The molecule has 0 aromatic rings. The molecule has 0 aromatic heterocycles. The van der Waals surface area contributed by atoms with E-state index in [4.69, 9.17) is 11.6 Å². The molecule has 3 aliphatic carbocycles. The predicted molar refractivity (Wildman–Crippen MR) is 107 cm³/mol. The Morgan fingerprint density at radius 1 is 0.966 bits per heavy atom. The van der Waals surface area contributed by atoms with Crippen LogP contribution in [0.4, 0.5) is 8.78 Å². The van der Waals surface area contributed by atoms with E-state index >= 15 is 0 Å². The lowest BCUT2D eigenvalue weighted by Crippen LogP contribution is -2.53. The maximum atomic E-state index is 14.5.